The summed E-state index contributed by atoms with van der Waals surface area (Å²) >= 11 is 1.69. The van der Waals surface area contributed by atoms with Gasteiger partial charge in [-0.15, -0.1) is 0 Å². The predicted molar refractivity (Wildman–Crippen MR) is 137 cm³/mol. The molecule has 2 aromatic carbocycles. The molecular formula is C28H33N3OS. The van der Waals surface area contributed by atoms with Crippen LogP contribution in [0.15, 0.2) is 76.8 Å². The number of hydrogen-bond donors (Lipinski definition) is 2. The van der Waals surface area contributed by atoms with E-state index in [1.807, 2.05) is 44.3 Å². The SMILES string of the molecule is Cc1ccc(NC(=O)C(C)C)cc1C1(Cc2ccc(Sc3ccccn3)cc2)CCNCC1. The van der Waals surface area contributed by atoms with Crippen molar-refractivity contribution >= 4 is 23.4 Å². The fraction of sp³-hybridized carbons (Fsp3) is 0.357. The van der Waals surface area contributed by atoms with Crippen molar-refractivity contribution in [2.45, 2.75) is 55.4 Å². The van der Waals surface area contributed by atoms with Crippen molar-refractivity contribution < 1.29 is 4.79 Å². The molecule has 2 heterocycles. The van der Waals surface area contributed by atoms with Crippen LogP contribution in [0.5, 0.6) is 0 Å². The molecule has 3 aromatic rings. The first kappa shape index (κ1) is 23.5. The standard InChI is InChI=1S/C28H33N3OS/c1-20(2)27(32)31-23-10-7-21(3)25(18-23)28(13-16-29-17-14-28)19-22-8-11-24(12-9-22)33-26-6-4-5-15-30-26/h4-12,15,18,20,29H,13-14,16-17,19H2,1-3H3,(H,31,32). The van der Waals surface area contributed by atoms with Gasteiger partial charge >= 0.3 is 0 Å². The molecule has 5 heteroatoms. The summed E-state index contributed by atoms with van der Waals surface area (Å²) in [4.78, 5) is 17.9. The summed E-state index contributed by atoms with van der Waals surface area (Å²) in [6.07, 6.45) is 4.99. The minimum atomic E-state index is -0.0370. The van der Waals surface area contributed by atoms with Gasteiger partial charge in [0.15, 0.2) is 0 Å². The number of rotatable bonds is 7. The number of carbonyl (C=O) groups excluding carboxylic acids is 1. The number of piperidine rings is 1. The van der Waals surface area contributed by atoms with Crippen LogP contribution in [0, 0.1) is 12.8 Å². The second-order valence-corrected chi connectivity index (χ2v) is 10.4. The average Bonchev–Trinajstić information content (AvgIpc) is 2.83. The van der Waals surface area contributed by atoms with Gasteiger partial charge in [-0.2, -0.15) is 0 Å². The average molecular weight is 460 g/mol. The molecule has 1 aliphatic heterocycles. The molecular weight excluding hydrogens is 426 g/mol. The number of pyridine rings is 1. The third-order valence-electron chi connectivity index (χ3n) is 6.49. The summed E-state index contributed by atoms with van der Waals surface area (Å²) in [5, 5.41) is 7.64. The zero-order valence-corrected chi connectivity index (χ0v) is 20.5. The van der Waals surface area contributed by atoms with E-state index in [0.29, 0.717) is 0 Å². The summed E-state index contributed by atoms with van der Waals surface area (Å²) in [5.74, 6) is 0.0234. The lowest BCUT2D eigenvalue weighted by molar-refractivity contribution is -0.118. The van der Waals surface area contributed by atoms with Crippen LogP contribution in [0.25, 0.3) is 0 Å². The highest BCUT2D eigenvalue weighted by molar-refractivity contribution is 7.99. The fourth-order valence-electron chi connectivity index (χ4n) is 4.60. The Hall–Kier alpha value is -2.63. The molecule has 1 amide bonds. The van der Waals surface area contributed by atoms with E-state index in [4.69, 9.17) is 0 Å². The van der Waals surface area contributed by atoms with Gasteiger partial charge in [0.1, 0.15) is 5.03 Å². The number of nitrogens with one attached hydrogen (secondary N) is 2. The van der Waals surface area contributed by atoms with Crippen LogP contribution in [0.4, 0.5) is 5.69 Å². The largest absolute Gasteiger partial charge is 0.326 e. The van der Waals surface area contributed by atoms with Crippen LogP contribution in [-0.4, -0.2) is 24.0 Å². The Kier molecular flexibility index (Phi) is 7.51. The van der Waals surface area contributed by atoms with Crippen molar-refractivity contribution in [3.8, 4) is 0 Å². The van der Waals surface area contributed by atoms with Crippen molar-refractivity contribution in [3.63, 3.8) is 0 Å². The van der Waals surface area contributed by atoms with Gasteiger partial charge in [0.05, 0.1) is 0 Å². The van der Waals surface area contributed by atoms with Gasteiger partial charge in [-0.25, -0.2) is 4.98 Å². The van der Waals surface area contributed by atoms with Crippen LogP contribution in [0.3, 0.4) is 0 Å². The first-order chi connectivity index (χ1) is 15.9. The highest BCUT2D eigenvalue weighted by atomic mass is 32.2. The normalized spacial score (nSPS) is 15.4. The van der Waals surface area contributed by atoms with Crippen molar-refractivity contribution in [2.24, 2.45) is 5.92 Å². The van der Waals surface area contributed by atoms with E-state index >= 15 is 0 Å². The minimum Gasteiger partial charge on any atom is -0.326 e. The van der Waals surface area contributed by atoms with Crippen LogP contribution in [0.2, 0.25) is 0 Å². The summed E-state index contributed by atoms with van der Waals surface area (Å²) < 4.78 is 0. The number of amides is 1. The summed E-state index contributed by atoms with van der Waals surface area (Å²) in [7, 11) is 0. The molecule has 1 aromatic heterocycles. The van der Waals surface area contributed by atoms with E-state index in [0.717, 1.165) is 43.1 Å². The van der Waals surface area contributed by atoms with Gasteiger partial charge in [-0.3, -0.25) is 4.79 Å². The number of aromatic nitrogens is 1. The highest BCUT2D eigenvalue weighted by Crippen LogP contribution is 2.40. The van der Waals surface area contributed by atoms with Crippen LogP contribution < -0.4 is 10.6 Å². The highest BCUT2D eigenvalue weighted by Gasteiger charge is 2.35. The van der Waals surface area contributed by atoms with Gasteiger partial charge < -0.3 is 10.6 Å². The van der Waals surface area contributed by atoms with Crippen LogP contribution in [-0.2, 0) is 16.6 Å². The molecule has 33 heavy (non-hydrogen) atoms. The minimum absolute atomic E-state index is 0.0370. The van der Waals surface area contributed by atoms with Crippen molar-refractivity contribution in [2.75, 3.05) is 18.4 Å². The molecule has 172 valence electrons. The Balaban J connectivity index is 1.58. The van der Waals surface area contributed by atoms with E-state index < -0.39 is 0 Å². The Morgan fingerprint density at radius 2 is 1.85 bits per heavy atom. The summed E-state index contributed by atoms with van der Waals surface area (Å²) in [5.41, 5.74) is 4.95. The summed E-state index contributed by atoms with van der Waals surface area (Å²) in [6, 6.07) is 21.3. The lowest BCUT2D eigenvalue weighted by Crippen LogP contribution is -2.42. The molecule has 4 nitrogen and oxygen atoms in total. The molecule has 0 bridgehead atoms. The monoisotopic (exact) mass is 459 g/mol. The first-order valence-electron chi connectivity index (χ1n) is 11.8. The maximum absolute atomic E-state index is 12.3. The Bertz CT molecular complexity index is 1070. The Morgan fingerprint density at radius 3 is 2.52 bits per heavy atom. The lowest BCUT2D eigenvalue weighted by atomic mass is 9.68. The van der Waals surface area contributed by atoms with E-state index in [-0.39, 0.29) is 17.2 Å². The fourth-order valence-corrected chi connectivity index (χ4v) is 5.37. The van der Waals surface area contributed by atoms with Crippen LogP contribution >= 0.6 is 11.8 Å². The molecule has 1 saturated heterocycles. The van der Waals surface area contributed by atoms with Crippen molar-refractivity contribution in [3.05, 3.63) is 83.6 Å². The third kappa shape index (κ3) is 5.84. The number of anilines is 1. The molecule has 0 atom stereocenters. The van der Waals surface area contributed by atoms with Gasteiger partial charge in [0.25, 0.3) is 0 Å². The number of hydrogen-bond acceptors (Lipinski definition) is 4. The van der Waals surface area contributed by atoms with E-state index in [1.165, 1.54) is 21.6 Å². The van der Waals surface area contributed by atoms with E-state index in [2.05, 4.69) is 58.9 Å². The zero-order valence-electron chi connectivity index (χ0n) is 19.7. The molecule has 1 aliphatic rings. The maximum atomic E-state index is 12.3. The predicted octanol–water partition coefficient (Wildman–Crippen LogP) is 6.00. The van der Waals surface area contributed by atoms with E-state index in [9.17, 15) is 4.79 Å². The van der Waals surface area contributed by atoms with Crippen molar-refractivity contribution in [1.82, 2.24) is 10.3 Å². The molecule has 2 N–H and O–H groups in total. The number of aryl methyl sites for hydroxylation is 1. The third-order valence-corrected chi connectivity index (χ3v) is 7.45. The van der Waals surface area contributed by atoms with Crippen molar-refractivity contribution in [1.29, 1.82) is 0 Å². The number of nitrogens with zero attached hydrogens (tertiary/aromatic N) is 1. The van der Waals surface area contributed by atoms with Gasteiger partial charge in [0.2, 0.25) is 5.91 Å². The number of carbonyl (C=O) groups is 1. The molecule has 0 unspecified atom stereocenters. The maximum Gasteiger partial charge on any atom is 0.226 e. The van der Waals surface area contributed by atoms with Crippen LogP contribution in [0.1, 0.15) is 43.4 Å². The molecule has 4 rings (SSSR count). The number of benzene rings is 2. The van der Waals surface area contributed by atoms with Gasteiger partial charge in [-0.05, 0) is 92.4 Å². The Labute approximate surface area is 201 Å². The lowest BCUT2D eigenvalue weighted by Gasteiger charge is -2.40. The molecule has 1 fully saturated rings. The molecule has 0 radical (unpaired) electrons. The van der Waals surface area contributed by atoms with Gasteiger partial charge in [0, 0.05) is 28.1 Å². The smallest absolute Gasteiger partial charge is 0.226 e. The Morgan fingerprint density at radius 1 is 1.09 bits per heavy atom. The topological polar surface area (TPSA) is 54.0 Å². The zero-order chi connectivity index (χ0) is 23.3. The second-order valence-electron chi connectivity index (χ2n) is 9.29. The quantitative estimate of drug-likeness (QED) is 0.455. The second kappa shape index (κ2) is 10.5. The van der Waals surface area contributed by atoms with E-state index in [1.54, 1.807) is 11.8 Å². The molecule has 0 spiro atoms. The van der Waals surface area contributed by atoms with Gasteiger partial charge in [-0.1, -0.05) is 49.9 Å². The molecule has 0 aliphatic carbocycles. The molecule has 0 saturated carbocycles. The first-order valence-corrected chi connectivity index (χ1v) is 12.6. The summed E-state index contributed by atoms with van der Waals surface area (Å²) in [6.45, 7) is 8.06.